The van der Waals surface area contributed by atoms with Gasteiger partial charge in [0.05, 0.1) is 16.8 Å². The van der Waals surface area contributed by atoms with Gasteiger partial charge < -0.3 is 19.4 Å². The largest absolute Gasteiger partial charge is 0.494 e. The molecule has 5 aromatic rings. The number of likely N-dealkylation sites (N-methyl/N-ethyl adjacent to an activating group) is 1. The van der Waals surface area contributed by atoms with Gasteiger partial charge in [0.1, 0.15) is 17.5 Å². The number of carbonyl (C=O) groups is 2. The molecule has 10 nitrogen and oxygen atoms in total. The van der Waals surface area contributed by atoms with Gasteiger partial charge in [-0.2, -0.15) is 5.26 Å². The Morgan fingerprint density at radius 2 is 1.75 bits per heavy atom. The number of aromatic nitrogens is 2. The number of para-hydroxylation sites is 1. The molecule has 0 radical (unpaired) electrons. The molecule has 0 saturated carbocycles. The van der Waals surface area contributed by atoms with Crippen molar-refractivity contribution in [2.75, 3.05) is 61.5 Å². The van der Waals surface area contributed by atoms with E-state index in [4.69, 9.17) is 4.74 Å². The quantitative estimate of drug-likeness (QED) is 0.107. The molecular formula is C36H35N7O3S2. The Labute approximate surface area is 287 Å². The molecule has 244 valence electrons. The van der Waals surface area contributed by atoms with Crippen molar-refractivity contribution in [1.82, 2.24) is 14.9 Å². The predicted molar refractivity (Wildman–Crippen MR) is 191 cm³/mol. The highest BCUT2D eigenvalue weighted by Crippen LogP contribution is 2.33. The summed E-state index contributed by atoms with van der Waals surface area (Å²) in [7, 11) is 2.15. The average molecular weight is 678 g/mol. The molecule has 48 heavy (non-hydrogen) atoms. The summed E-state index contributed by atoms with van der Waals surface area (Å²) in [5, 5.41) is 13.7. The number of carbonyl (C=O) groups excluding carboxylic acids is 2. The van der Waals surface area contributed by atoms with Crippen molar-refractivity contribution in [2.45, 2.75) is 25.8 Å². The minimum atomic E-state index is -0.638. The fourth-order valence-corrected chi connectivity index (χ4v) is 8.15. The van der Waals surface area contributed by atoms with Crippen LogP contribution in [0.4, 0.5) is 16.0 Å². The lowest BCUT2D eigenvalue weighted by Crippen LogP contribution is -2.44. The standard InChI is InChI=1S/C36H35N7O3S2/c1-41-17-19-42(20-18-41)25-11-13-26(14-12-25)46-21-5-10-32-33(30(44)22-37)39-36(48-32)43-16-15-24-6-4-7-27(28(24)23-43)34(45)40-35-38-29-8-2-3-9-31(29)47-35/h2-4,6-9,11-14H,5,10,15-21,23H2,1H3,(H,38,40,45). The van der Waals surface area contributed by atoms with Gasteiger partial charge in [-0.1, -0.05) is 35.6 Å². The Morgan fingerprint density at radius 3 is 2.54 bits per heavy atom. The number of piperazine rings is 1. The van der Waals surface area contributed by atoms with Crippen LogP contribution in [0.15, 0.2) is 66.7 Å². The third kappa shape index (κ3) is 6.89. The van der Waals surface area contributed by atoms with Gasteiger partial charge in [0.15, 0.2) is 10.3 Å². The second-order valence-corrected chi connectivity index (χ2v) is 14.1. The number of ether oxygens (including phenoxy) is 1. The Morgan fingerprint density at radius 1 is 0.938 bits per heavy atom. The van der Waals surface area contributed by atoms with E-state index >= 15 is 0 Å². The summed E-state index contributed by atoms with van der Waals surface area (Å²) in [6.45, 7) is 5.79. The van der Waals surface area contributed by atoms with Crippen molar-refractivity contribution >= 4 is 60.5 Å². The highest BCUT2D eigenvalue weighted by molar-refractivity contribution is 7.22. The summed E-state index contributed by atoms with van der Waals surface area (Å²) < 4.78 is 7.04. The third-order valence-corrected chi connectivity index (χ3v) is 11.0. The number of thiazole rings is 2. The van der Waals surface area contributed by atoms with Gasteiger partial charge in [-0.05, 0) is 79.9 Å². The number of amides is 1. The smallest absolute Gasteiger partial charge is 0.281 e. The summed E-state index contributed by atoms with van der Waals surface area (Å²) in [4.78, 5) is 42.9. The van der Waals surface area contributed by atoms with Crippen LogP contribution in [0.5, 0.6) is 5.75 Å². The van der Waals surface area contributed by atoms with Crippen molar-refractivity contribution in [1.29, 1.82) is 5.26 Å². The first-order valence-electron chi connectivity index (χ1n) is 16.1. The lowest BCUT2D eigenvalue weighted by Gasteiger charge is -2.34. The lowest BCUT2D eigenvalue weighted by molar-refractivity contribution is 0.102. The van der Waals surface area contributed by atoms with E-state index in [1.807, 2.05) is 48.5 Å². The number of nitrogens with one attached hydrogen (secondary N) is 1. The van der Waals surface area contributed by atoms with Crippen LogP contribution in [-0.2, 0) is 19.4 Å². The molecule has 7 rings (SSSR count). The number of rotatable bonds is 10. The summed E-state index contributed by atoms with van der Waals surface area (Å²) in [5.41, 5.74) is 4.90. The summed E-state index contributed by atoms with van der Waals surface area (Å²) >= 11 is 2.88. The van der Waals surface area contributed by atoms with Crippen LogP contribution in [-0.4, -0.2) is 72.9 Å². The van der Waals surface area contributed by atoms with Crippen LogP contribution in [0.3, 0.4) is 0 Å². The fourth-order valence-electron chi connectivity index (χ4n) is 6.16. The first kappa shape index (κ1) is 31.8. The molecule has 1 N–H and O–H groups in total. The predicted octanol–water partition coefficient (Wildman–Crippen LogP) is 6.04. The number of fused-ring (bicyclic) bond motifs is 2. The fraction of sp³-hybridized carbons (Fsp3) is 0.306. The van der Waals surface area contributed by atoms with Crippen molar-refractivity contribution in [3.8, 4) is 11.8 Å². The lowest BCUT2D eigenvalue weighted by atomic mass is 9.94. The van der Waals surface area contributed by atoms with Crippen LogP contribution in [0, 0.1) is 11.3 Å². The maximum absolute atomic E-state index is 13.5. The van der Waals surface area contributed by atoms with Crippen LogP contribution in [0.2, 0.25) is 0 Å². The minimum Gasteiger partial charge on any atom is -0.494 e. The van der Waals surface area contributed by atoms with Crippen molar-refractivity contribution < 1.29 is 14.3 Å². The Hall–Kier alpha value is -4.83. The van der Waals surface area contributed by atoms with E-state index in [0.717, 1.165) is 64.6 Å². The monoisotopic (exact) mass is 677 g/mol. The van der Waals surface area contributed by atoms with E-state index in [0.29, 0.717) is 48.4 Å². The summed E-state index contributed by atoms with van der Waals surface area (Å²) in [6, 6.07) is 23.6. The maximum atomic E-state index is 13.5. The summed E-state index contributed by atoms with van der Waals surface area (Å²) in [6.07, 6.45) is 1.97. The maximum Gasteiger partial charge on any atom is 0.281 e. The number of Topliss-reactive ketones (excluding diaryl/α,β-unsaturated/α-hetero) is 1. The molecule has 0 atom stereocenters. The third-order valence-electron chi connectivity index (χ3n) is 8.83. The highest BCUT2D eigenvalue weighted by atomic mass is 32.1. The van der Waals surface area contributed by atoms with Crippen LogP contribution >= 0.6 is 22.7 Å². The van der Waals surface area contributed by atoms with E-state index in [-0.39, 0.29) is 11.6 Å². The zero-order chi connectivity index (χ0) is 33.0. The topological polar surface area (TPSA) is 115 Å². The van der Waals surface area contributed by atoms with Crippen LogP contribution in [0.1, 0.15) is 43.3 Å². The van der Waals surface area contributed by atoms with Gasteiger partial charge in [0, 0.05) is 55.4 Å². The molecule has 12 heteroatoms. The molecule has 1 amide bonds. The van der Waals surface area contributed by atoms with E-state index in [9.17, 15) is 14.9 Å². The normalized spacial score (nSPS) is 14.8. The average Bonchev–Trinajstić information content (AvgIpc) is 3.74. The number of nitrogens with zero attached hydrogens (tertiary/aromatic N) is 6. The Balaban J connectivity index is 1.00. The van der Waals surface area contributed by atoms with Gasteiger partial charge in [0.25, 0.3) is 11.7 Å². The number of hydrogen-bond acceptors (Lipinski definition) is 11. The molecular weight excluding hydrogens is 643 g/mol. The van der Waals surface area contributed by atoms with Gasteiger partial charge in [0.2, 0.25) is 0 Å². The zero-order valence-electron chi connectivity index (χ0n) is 26.6. The molecule has 1 saturated heterocycles. The number of hydrogen-bond donors (Lipinski definition) is 1. The Kier molecular flexibility index (Phi) is 9.34. The first-order chi connectivity index (χ1) is 23.4. The number of benzene rings is 3. The number of nitriles is 1. The van der Waals surface area contributed by atoms with Crippen molar-refractivity contribution in [3.05, 3.63) is 94.0 Å². The molecule has 1 fully saturated rings. The summed E-state index contributed by atoms with van der Waals surface area (Å²) in [5.74, 6) is -0.0377. The number of aryl methyl sites for hydroxylation is 1. The van der Waals surface area contributed by atoms with E-state index in [2.05, 4.69) is 55.2 Å². The second kappa shape index (κ2) is 14.1. The molecule has 4 heterocycles. The van der Waals surface area contributed by atoms with Gasteiger partial charge >= 0.3 is 0 Å². The highest BCUT2D eigenvalue weighted by Gasteiger charge is 2.27. The molecule has 0 spiro atoms. The molecule has 2 aromatic heterocycles. The SMILES string of the molecule is CN1CCN(c2ccc(OCCCc3sc(N4CCc5cccc(C(=O)Nc6nc7ccccc7s6)c5C4)nc3C(=O)C#N)cc2)CC1. The first-order valence-corrected chi connectivity index (χ1v) is 17.7. The molecule has 2 aliphatic heterocycles. The minimum absolute atomic E-state index is 0.207. The van der Waals surface area contributed by atoms with E-state index in [1.165, 1.54) is 28.4 Å². The van der Waals surface area contributed by atoms with Gasteiger partial charge in [-0.3, -0.25) is 14.9 Å². The van der Waals surface area contributed by atoms with E-state index < -0.39 is 5.78 Å². The van der Waals surface area contributed by atoms with E-state index in [1.54, 1.807) is 6.07 Å². The molecule has 3 aromatic carbocycles. The molecule has 0 aliphatic carbocycles. The van der Waals surface area contributed by atoms with Gasteiger partial charge in [-0.25, -0.2) is 9.97 Å². The Bertz CT molecular complexity index is 1960. The number of anilines is 3. The van der Waals surface area contributed by atoms with Gasteiger partial charge in [-0.15, -0.1) is 11.3 Å². The van der Waals surface area contributed by atoms with Crippen LogP contribution < -0.4 is 19.9 Å². The molecule has 2 aliphatic rings. The zero-order valence-corrected chi connectivity index (χ0v) is 28.3. The number of ketones is 1. The van der Waals surface area contributed by atoms with Crippen molar-refractivity contribution in [3.63, 3.8) is 0 Å². The second-order valence-electron chi connectivity index (χ2n) is 12.0. The molecule has 0 unspecified atom stereocenters. The molecule has 0 bridgehead atoms. The van der Waals surface area contributed by atoms with Crippen molar-refractivity contribution in [2.24, 2.45) is 0 Å². The van der Waals surface area contributed by atoms with Crippen LogP contribution in [0.25, 0.3) is 10.2 Å².